The second-order valence-corrected chi connectivity index (χ2v) is 20.2. The fourth-order valence-electron chi connectivity index (χ4n) is 9.82. The van der Waals surface area contributed by atoms with E-state index < -0.39 is 11.9 Å². The molecule has 5 aliphatic rings. The van der Waals surface area contributed by atoms with E-state index in [2.05, 4.69) is 52.5 Å². The molecule has 1 atom stereocenters. The maximum absolute atomic E-state index is 13.0. The van der Waals surface area contributed by atoms with Gasteiger partial charge in [-0.25, -0.2) is 15.0 Å². The van der Waals surface area contributed by atoms with E-state index in [0.717, 1.165) is 129 Å². The third kappa shape index (κ3) is 10.7. The number of hydrogen-bond donors (Lipinski definition) is 4. The summed E-state index contributed by atoms with van der Waals surface area (Å²) in [5, 5.41) is 9.16. The number of carbonyl (C=O) groups is 5. The highest BCUT2D eigenvalue weighted by atomic mass is 32.2. The number of nitrogens with two attached hydrogens (primary N) is 1. The van der Waals surface area contributed by atoms with Crippen LogP contribution in [0.1, 0.15) is 103 Å². The van der Waals surface area contributed by atoms with E-state index in [4.69, 9.17) is 5.73 Å². The molecule has 7 heterocycles. The van der Waals surface area contributed by atoms with Gasteiger partial charge in [0.15, 0.2) is 0 Å². The Labute approximate surface area is 389 Å². The van der Waals surface area contributed by atoms with Gasteiger partial charge in [-0.2, -0.15) is 0 Å². The molecule has 0 radical (unpaired) electrons. The van der Waals surface area contributed by atoms with Gasteiger partial charge >= 0.3 is 0 Å². The van der Waals surface area contributed by atoms with Crippen LogP contribution in [0.2, 0.25) is 0 Å². The molecule has 66 heavy (non-hydrogen) atoms. The van der Waals surface area contributed by atoms with Gasteiger partial charge in [-0.15, -0.1) is 0 Å². The zero-order valence-corrected chi connectivity index (χ0v) is 38.4. The number of pyridine rings is 1. The van der Waals surface area contributed by atoms with Crippen molar-refractivity contribution in [1.29, 1.82) is 0 Å². The van der Waals surface area contributed by atoms with Crippen molar-refractivity contribution in [3.8, 4) is 0 Å². The van der Waals surface area contributed by atoms with E-state index in [1.165, 1.54) is 16.7 Å². The van der Waals surface area contributed by atoms with Gasteiger partial charge in [-0.3, -0.25) is 29.3 Å². The summed E-state index contributed by atoms with van der Waals surface area (Å²) in [6.07, 6.45) is 13.5. The fraction of sp³-hybridized carbons (Fsp3) is 0.469. The first-order valence-electron chi connectivity index (χ1n) is 23.3. The molecular weight excluding hydrogens is 855 g/mol. The predicted molar refractivity (Wildman–Crippen MR) is 252 cm³/mol. The first kappa shape index (κ1) is 45.3. The lowest BCUT2D eigenvalue weighted by atomic mass is 9.72. The number of benzene rings is 2. The molecule has 16 nitrogen and oxygen atoms in total. The number of aromatic nitrogens is 3. The Hall–Kier alpha value is -5.91. The number of piperidine rings is 2. The number of carbonyl (C=O) groups excluding carboxylic acids is 5. The van der Waals surface area contributed by atoms with Crippen molar-refractivity contribution in [2.45, 2.75) is 106 Å². The second-order valence-electron chi connectivity index (χ2n) is 19.1. The van der Waals surface area contributed by atoms with Crippen molar-refractivity contribution in [3.05, 3.63) is 95.4 Å². The Morgan fingerprint density at radius 3 is 2.41 bits per heavy atom. The van der Waals surface area contributed by atoms with Crippen molar-refractivity contribution in [1.82, 2.24) is 35.4 Å². The summed E-state index contributed by atoms with van der Waals surface area (Å²) in [6, 6.07) is 16.4. The van der Waals surface area contributed by atoms with E-state index >= 15 is 0 Å². The number of imide groups is 1. The molecule has 17 heteroatoms. The van der Waals surface area contributed by atoms with E-state index in [1.54, 1.807) is 12.3 Å². The molecule has 4 aromatic rings. The van der Waals surface area contributed by atoms with Crippen molar-refractivity contribution in [2.75, 3.05) is 60.9 Å². The van der Waals surface area contributed by atoms with Crippen molar-refractivity contribution >= 4 is 58.6 Å². The summed E-state index contributed by atoms with van der Waals surface area (Å²) in [5.74, 6) is 0.596. The first-order chi connectivity index (χ1) is 31.9. The maximum Gasteiger partial charge on any atom is 0.255 e. The van der Waals surface area contributed by atoms with Gasteiger partial charge in [0.25, 0.3) is 11.8 Å². The zero-order chi connectivity index (χ0) is 45.8. The van der Waals surface area contributed by atoms with E-state index in [1.807, 2.05) is 60.9 Å². The summed E-state index contributed by atoms with van der Waals surface area (Å²) in [5.41, 5.74) is 9.95. The SMILES string of the molecule is CC1(N)CCN(c2cnc(Sc3cccc(NC(=O)CCCCCCCN4CC5(C4)CN(c4ccc(C(=O)NCc6ccc7c(c6)CN(C6CCC(=O)NC6=O)C7=O)cn4)C5)c3)cn2)CC1. The smallest absolute Gasteiger partial charge is 0.255 e. The number of nitrogens with one attached hydrogen (secondary N) is 3. The van der Waals surface area contributed by atoms with Crippen LogP contribution in [0.3, 0.4) is 0 Å². The third-order valence-corrected chi connectivity index (χ3v) is 14.5. The highest BCUT2D eigenvalue weighted by Crippen LogP contribution is 2.41. The van der Waals surface area contributed by atoms with Crippen LogP contribution in [-0.2, 0) is 27.5 Å². The first-order valence-corrected chi connectivity index (χ1v) is 24.1. The molecule has 4 fully saturated rings. The van der Waals surface area contributed by atoms with Crippen LogP contribution in [0.25, 0.3) is 0 Å². The Morgan fingerprint density at radius 2 is 1.65 bits per heavy atom. The summed E-state index contributed by atoms with van der Waals surface area (Å²) in [7, 11) is 0. The lowest BCUT2D eigenvalue weighted by molar-refractivity contribution is -0.137. The lowest BCUT2D eigenvalue weighted by Crippen LogP contribution is -2.72. The van der Waals surface area contributed by atoms with Crippen molar-refractivity contribution in [3.63, 3.8) is 0 Å². The van der Waals surface area contributed by atoms with Crippen LogP contribution in [0.5, 0.6) is 0 Å². The molecule has 0 aliphatic carbocycles. The van der Waals surface area contributed by atoms with E-state index in [-0.39, 0.29) is 48.7 Å². The molecule has 2 aromatic carbocycles. The number of anilines is 3. The number of amides is 5. The highest BCUT2D eigenvalue weighted by Gasteiger charge is 2.51. The van der Waals surface area contributed by atoms with Gasteiger partial charge < -0.3 is 36.0 Å². The lowest BCUT2D eigenvalue weighted by Gasteiger charge is -2.60. The summed E-state index contributed by atoms with van der Waals surface area (Å²) in [4.78, 5) is 86.2. The molecule has 1 spiro atoms. The fourth-order valence-corrected chi connectivity index (χ4v) is 10.6. The summed E-state index contributed by atoms with van der Waals surface area (Å²) in [6.45, 7) is 9.68. The number of fused-ring (bicyclic) bond motifs is 1. The van der Waals surface area contributed by atoms with Gasteiger partial charge in [0.2, 0.25) is 17.7 Å². The number of hydrogen-bond acceptors (Lipinski definition) is 13. The average molecular weight is 914 g/mol. The molecule has 5 amide bonds. The van der Waals surface area contributed by atoms with Gasteiger partial charge in [0.05, 0.1) is 18.0 Å². The zero-order valence-electron chi connectivity index (χ0n) is 37.6. The van der Waals surface area contributed by atoms with E-state index in [0.29, 0.717) is 29.4 Å². The summed E-state index contributed by atoms with van der Waals surface area (Å²) < 4.78 is 0. The molecule has 0 saturated carbocycles. The van der Waals surface area contributed by atoms with Crippen molar-refractivity contribution in [2.24, 2.45) is 11.1 Å². The van der Waals surface area contributed by atoms with Crippen LogP contribution >= 0.6 is 11.8 Å². The molecule has 346 valence electrons. The molecule has 9 rings (SSSR count). The number of unbranched alkanes of at least 4 members (excludes halogenated alkanes) is 4. The molecular formula is C49H59N11O5S. The standard InChI is InChI=1S/C49H59N11O5S/c1-48(50)17-20-58(21-18-48)41-26-53-44(27-52-41)66-37-9-7-8-36(23-37)55-42(61)10-5-3-2-4-6-19-57-29-49(30-57)31-59(32-49)40-15-12-34(25-51-40)45(63)54-24-33-11-13-38-35(22-33)28-60(47(38)65)39-14-16-43(62)56-46(39)64/h7-9,11-13,15,22-23,25-27,39H,2-6,10,14,16-21,24,28-32,50H2,1H3,(H,54,63)(H,55,61)(H,56,62,64). The largest absolute Gasteiger partial charge is 0.355 e. The third-order valence-electron chi connectivity index (χ3n) is 13.6. The minimum Gasteiger partial charge on any atom is -0.355 e. The monoisotopic (exact) mass is 913 g/mol. The van der Waals surface area contributed by atoms with Crippen LogP contribution in [-0.4, -0.2) is 112 Å². The molecule has 0 bridgehead atoms. The summed E-state index contributed by atoms with van der Waals surface area (Å²) >= 11 is 1.53. The minimum atomic E-state index is -0.663. The second kappa shape index (κ2) is 19.5. The number of nitrogens with zero attached hydrogens (tertiary/aromatic N) is 7. The number of rotatable bonds is 17. The molecule has 1 unspecified atom stereocenters. The van der Waals surface area contributed by atoms with Crippen LogP contribution < -0.4 is 31.5 Å². The normalized spacial score (nSPS) is 19.8. The topological polar surface area (TPSA) is 199 Å². The molecule has 5 N–H and O–H groups in total. The minimum absolute atomic E-state index is 0.0425. The Morgan fingerprint density at radius 1 is 0.864 bits per heavy atom. The van der Waals surface area contributed by atoms with Crippen LogP contribution in [0, 0.1) is 5.41 Å². The van der Waals surface area contributed by atoms with Crippen molar-refractivity contribution < 1.29 is 24.0 Å². The van der Waals surface area contributed by atoms with Gasteiger partial charge in [-0.05, 0) is 93.1 Å². The predicted octanol–water partition coefficient (Wildman–Crippen LogP) is 5.13. The average Bonchev–Trinajstić information content (AvgIpc) is 3.60. The maximum atomic E-state index is 13.0. The quantitative estimate of drug-likeness (QED) is 0.0804. The molecule has 2 aromatic heterocycles. The highest BCUT2D eigenvalue weighted by molar-refractivity contribution is 7.99. The molecule has 4 saturated heterocycles. The number of likely N-dealkylation sites (tertiary alicyclic amines) is 1. The van der Waals surface area contributed by atoms with Crippen LogP contribution in [0.4, 0.5) is 17.3 Å². The van der Waals surface area contributed by atoms with Crippen LogP contribution in [0.15, 0.2) is 83.1 Å². The Balaban J connectivity index is 0.613. The van der Waals surface area contributed by atoms with Gasteiger partial charge in [-0.1, -0.05) is 49.2 Å². The van der Waals surface area contributed by atoms with Gasteiger partial charge in [0, 0.05) is 98.5 Å². The molecule has 5 aliphatic heterocycles. The Bertz CT molecular complexity index is 2440. The van der Waals surface area contributed by atoms with Gasteiger partial charge in [0.1, 0.15) is 22.7 Å². The van der Waals surface area contributed by atoms with E-state index in [9.17, 15) is 24.0 Å². The Kier molecular flexibility index (Phi) is 13.4.